The Morgan fingerprint density at radius 2 is 1.74 bits per heavy atom. The number of nitrogens with one attached hydrogen (secondary N) is 1. The molecule has 1 N–H and O–H groups in total. The summed E-state index contributed by atoms with van der Waals surface area (Å²) < 4.78 is 61.4. The first-order valence-corrected chi connectivity index (χ1v) is 11.3. The summed E-state index contributed by atoms with van der Waals surface area (Å²) in [6.45, 7) is 0.768. The molecule has 162 valence electrons. The summed E-state index contributed by atoms with van der Waals surface area (Å²) in [6.07, 6.45) is -1.59. The van der Waals surface area contributed by atoms with Crippen molar-refractivity contribution in [2.75, 3.05) is 12.8 Å². The zero-order valence-corrected chi connectivity index (χ0v) is 17.2. The van der Waals surface area contributed by atoms with E-state index in [4.69, 9.17) is 0 Å². The van der Waals surface area contributed by atoms with Gasteiger partial charge in [-0.2, -0.15) is 13.2 Å². The second-order valence-corrected chi connectivity index (χ2v) is 9.34. The summed E-state index contributed by atoms with van der Waals surface area (Å²) in [5, 5.41) is -0.255. The summed E-state index contributed by atoms with van der Waals surface area (Å²) >= 11 is 0. The van der Waals surface area contributed by atoms with E-state index in [1.54, 1.807) is 4.90 Å². The van der Waals surface area contributed by atoms with E-state index in [-0.39, 0.29) is 16.8 Å². The molecular weight excluding hydrogens is 431 g/mol. The second kappa shape index (κ2) is 7.52. The van der Waals surface area contributed by atoms with Gasteiger partial charge in [-0.3, -0.25) is 4.79 Å². The topological polar surface area (TPSA) is 83.1 Å². The van der Waals surface area contributed by atoms with Gasteiger partial charge >= 0.3 is 6.18 Å². The maximum absolute atomic E-state index is 12.8. The van der Waals surface area contributed by atoms with Crippen molar-refractivity contribution in [3.8, 4) is 11.1 Å². The highest BCUT2D eigenvalue weighted by atomic mass is 32.2. The molecule has 0 saturated heterocycles. The summed E-state index contributed by atoms with van der Waals surface area (Å²) in [4.78, 5) is 20.6. The zero-order chi connectivity index (χ0) is 22.4. The van der Waals surface area contributed by atoms with Gasteiger partial charge in [-0.15, -0.1) is 0 Å². The van der Waals surface area contributed by atoms with Gasteiger partial charge in [-0.05, 0) is 40.8 Å². The Bertz CT molecular complexity index is 1250. The summed E-state index contributed by atoms with van der Waals surface area (Å²) in [6, 6.07) is 10.6. The number of aromatic amines is 1. The molecule has 1 aliphatic heterocycles. The molecule has 31 heavy (non-hydrogen) atoms. The molecular formula is C21H18F3N3O3S. The van der Waals surface area contributed by atoms with E-state index in [0.717, 1.165) is 35.1 Å². The van der Waals surface area contributed by atoms with Crippen LogP contribution in [0.2, 0.25) is 0 Å². The monoisotopic (exact) mass is 449 g/mol. The van der Waals surface area contributed by atoms with Crippen molar-refractivity contribution < 1.29 is 26.4 Å². The van der Waals surface area contributed by atoms with Gasteiger partial charge < -0.3 is 9.88 Å². The highest BCUT2D eigenvalue weighted by molar-refractivity contribution is 7.90. The molecule has 3 aromatic rings. The number of hydrogen-bond acceptors (Lipinski definition) is 4. The Hall–Kier alpha value is -3.14. The van der Waals surface area contributed by atoms with E-state index in [9.17, 15) is 26.4 Å². The average Bonchev–Trinajstić information content (AvgIpc) is 3.23. The smallest absolute Gasteiger partial charge is 0.333 e. The number of fused-ring (bicyclic) bond motifs is 1. The van der Waals surface area contributed by atoms with E-state index >= 15 is 0 Å². The van der Waals surface area contributed by atoms with Crippen LogP contribution in [0.15, 0.2) is 53.8 Å². The molecule has 0 unspecified atom stereocenters. The van der Waals surface area contributed by atoms with Crippen LogP contribution in [-0.2, 0) is 29.0 Å². The normalized spacial score (nSPS) is 14.4. The summed E-state index contributed by atoms with van der Waals surface area (Å²) in [7, 11) is -3.54. The number of alkyl halides is 3. The Labute approximate surface area is 176 Å². The number of benzene rings is 2. The van der Waals surface area contributed by atoms with Crippen LogP contribution in [0.3, 0.4) is 0 Å². The minimum absolute atomic E-state index is 0.102. The number of sulfone groups is 1. The van der Waals surface area contributed by atoms with Gasteiger partial charge in [0.1, 0.15) is 5.69 Å². The van der Waals surface area contributed by atoms with Gasteiger partial charge in [-0.1, -0.05) is 30.3 Å². The Kier molecular flexibility index (Phi) is 5.12. The van der Waals surface area contributed by atoms with E-state index in [0.29, 0.717) is 25.1 Å². The lowest BCUT2D eigenvalue weighted by Crippen LogP contribution is -2.36. The number of nitrogens with zero attached hydrogens (tertiary/aromatic N) is 2. The zero-order valence-electron chi connectivity index (χ0n) is 16.4. The Balaban J connectivity index is 1.52. The molecule has 0 fully saturated rings. The standard InChI is InChI=1S/C21H18F3N3O3S/c1-31(29,30)20-25-11-18(26-20)19(28)27-9-8-15-10-14(2-3-16(15)12-27)13-4-6-17(7-5-13)21(22,23)24/h2-7,10-11H,8-9,12H2,1H3,(H,25,26). The number of rotatable bonds is 3. The lowest BCUT2D eigenvalue weighted by Gasteiger charge is -2.29. The summed E-state index contributed by atoms with van der Waals surface area (Å²) in [5.41, 5.74) is 2.84. The highest BCUT2D eigenvalue weighted by Crippen LogP contribution is 2.32. The first kappa shape index (κ1) is 21.1. The van der Waals surface area contributed by atoms with Gasteiger partial charge in [0.05, 0.1) is 11.8 Å². The second-order valence-electron chi connectivity index (χ2n) is 7.41. The molecule has 0 bridgehead atoms. The highest BCUT2D eigenvalue weighted by Gasteiger charge is 2.30. The number of H-pyrrole nitrogens is 1. The van der Waals surface area contributed by atoms with Gasteiger partial charge in [0.25, 0.3) is 5.91 Å². The number of amides is 1. The fraction of sp³-hybridized carbons (Fsp3) is 0.238. The quantitative estimate of drug-likeness (QED) is 0.661. The Morgan fingerprint density at radius 1 is 1.06 bits per heavy atom. The Morgan fingerprint density at radius 3 is 2.35 bits per heavy atom. The number of carbonyl (C=O) groups excluding carboxylic acids is 1. The van der Waals surface area contributed by atoms with Gasteiger partial charge in [0.2, 0.25) is 15.0 Å². The number of hydrogen-bond donors (Lipinski definition) is 1. The van der Waals surface area contributed by atoms with E-state index in [2.05, 4.69) is 9.97 Å². The molecule has 4 rings (SSSR count). The predicted octanol–water partition coefficient (Wildman–Crippen LogP) is 3.70. The third-order valence-electron chi connectivity index (χ3n) is 5.19. The minimum atomic E-state index is -4.37. The van der Waals surface area contributed by atoms with Crippen molar-refractivity contribution in [3.63, 3.8) is 0 Å². The molecule has 0 saturated carbocycles. The van der Waals surface area contributed by atoms with Crippen LogP contribution in [0.5, 0.6) is 0 Å². The van der Waals surface area contributed by atoms with Crippen molar-refractivity contribution in [1.82, 2.24) is 14.9 Å². The molecule has 1 aliphatic rings. The molecule has 0 spiro atoms. The molecule has 0 radical (unpaired) electrons. The fourth-order valence-electron chi connectivity index (χ4n) is 3.53. The first-order valence-electron chi connectivity index (χ1n) is 9.36. The van der Waals surface area contributed by atoms with E-state index in [1.165, 1.54) is 18.3 Å². The molecule has 1 amide bonds. The largest absolute Gasteiger partial charge is 0.416 e. The van der Waals surface area contributed by atoms with E-state index in [1.807, 2.05) is 18.2 Å². The minimum Gasteiger partial charge on any atom is -0.333 e. The third-order valence-corrected chi connectivity index (χ3v) is 6.10. The van der Waals surface area contributed by atoms with Crippen LogP contribution in [0.25, 0.3) is 11.1 Å². The van der Waals surface area contributed by atoms with Crippen LogP contribution in [0.4, 0.5) is 13.2 Å². The van der Waals surface area contributed by atoms with Gasteiger partial charge in [-0.25, -0.2) is 13.4 Å². The SMILES string of the molecule is CS(=O)(=O)c1ncc(C(=O)N2CCc3cc(-c4ccc(C(F)(F)F)cc4)ccc3C2)[nH]1. The fourth-order valence-corrected chi connectivity index (χ4v) is 4.07. The van der Waals surface area contributed by atoms with Crippen molar-refractivity contribution in [2.24, 2.45) is 0 Å². The van der Waals surface area contributed by atoms with E-state index < -0.39 is 21.6 Å². The number of carbonyl (C=O) groups is 1. The maximum Gasteiger partial charge on any atom is 0.416 e. The summed E-state index contributed by atoms with van der Waals surface area (Å²) in [5.74, 6) is -0.347. The maximum atomic E-state index is 12.8. The number of imidazole rings is 1. The lowest BCUT2D eigenvalue weighted by molar-refractivity contribution is -0.137. The number of halogens is 3. The molecule has 0 atom stereocenters. The molecule has 6 nitrogen and oxygen atoms in total. The third kappa shape index (κ3) is 4.34. The molecule has 2 aromatic carbocycles. The van der Waals surface area contributed by atoms with Crippen molar-refractivity contribution >= 4 is 15.7 Å². The molecule has 1 aromatic heterocycles. The lowest BCUT2D eigenvalue weighted by atomic mass is 9.94. The van der Waals surface area contributed by atoms with Crippen molar-refractivity contribution in [2.45, 2.75) is 24.3 Å². The van der Waals surface area contributed by atoms with Crippen LogP contribution in [0, 0.1) is 0 Å². The number of aromatic nitrogens is 2. The molecule has 10 heteroatoms. The van der Waals surface area contributed by atoms with Crippen molar-refractivity contribution in [3.05, 3.63) is 71.0 Å². The van der Waals surface area contributed by atoms with Crippen LogP contribution < -0.4 is 0 Å². The van der Waals surface area contributed by atoms with Gasteiger partial charge in [0, 0.05) is 19.3 Å². The van der Waals surface area contributed by atoms with Crippen LogP contribution in [-0.4, -0.2) is 42.0 Å². The average molecular weight is 449 g/mol. The first-order chi connectivity index (χ1) is 14.5. The van der Waals surface area contributed by atoms with Crippen LogP contribution >= 0.6 is 0 Å². The molecule has 0 aliphatic carbocycles. The van der Waals surface area contributed by atoms with Crippen LogP contribution in [0.1, 0.15) is 27.2 Å². The predicted molar refractivity (Wildman–Crippen MR) is 107 cm³/mol. The van der Waals surface area contributed by atoms with Gasteiger partial charge in [0.15, 0.2) is 0 Å². The van der Waals surface area contributed by atoms with Crippen molar-refractivity contribution in [1.29, 1.82) is 0 Å². The molecule has 2 heterocycles.